The van der Waals surface area contributed by atoms with E-state index in [0.717, 1.165) is 24.8 Å². The lowest BCUT2D eigenvalue weighted by atomic mass is 9.85. The Kier molecular flexibility index (Phi) is 5.06. The van der Waals surface area contributed by atoms with Crippen molar-refractivity contribution in [3.05, 3.63) is 29.8 Å². The van der Waals surface area contributed by atoms with E-state index in [2.05, 4.69) is 36.6 Å². The van der Waals surface area contributed by atoms with Crippen molar-refractivity contribution < 1.29 is 4.74 Å². The van der Waals surface area contributed by atoms with E-state index in [-0.39, 0.29) is 0 Å². The average molecular weight is 247 g/mol. The maximum Gasteiger partial charge on any atom is 0.119 e. The Labute approximate surface area is 111 Å². The van der Waals surface area contributed by atoms with Crippen molar-refractivity contribution in [2.24, 2.45) is 5.92 Å². The minimum atomic E-state index is 0.660. The number of nitrogens with one attached hydrogen (secondary N) is 1. The Bertz CT molecular complexity index is 341. The summed E-state index contributed by atoms with van der Waals surface area (Å²) in [6.07, 6.45) is 5.59. The normalized spacial score (nSPS) is 17.9. The minimum Gasteiger partial charge on any atom is -0.494 e. The number of ether oxygens (including phenoxy) is 1. The van der Waals surface area contributed by atoms with E-state index in [9.17, 15) is 0 Å². The second kappa shape index (κ2) is 6.79. The van der Waals surface area contributed by atoms with E-state index in [0.29, 0.717) is 5.92 Å². The molecule has 1 aliphatic rings. The second-order valence-corrected chi connectivity index (χ2v) is 5.21. The number of hydrogen-bond acceptors (Lipinski definition) is 2. The van der Waals surface area contributed by atoms with E-state index in [4.69, 9.17) is 4.74 Å². The van der Waals surface area contributed by atoms with Gasteiger partial charge in [0.2, 0.25) is 0 Å². The molecule has 1 atom stereocenters. The van der Waals surface area contributed by atoms with Gasteiger partial charge in [-0.3, -0.25) is 0 Å². The Morgan fingerprint density at radius 2 is 1.89 bits per heavy atom. The summed E-state index contributed by atoms with van der Waals surface area (Å²) in [7, 11) is 2.05. The summed E-state index contributed by atoms with van der Waals surface area (Å²) in [4.78, 5) is 0. The van der Waals surface area contributed by atoms with Gasteiger partial charge in [0.05, 0.1) is 6.61 Å². The van der Waals surface area contributed by atoms with Crippen molar-refractivity contribution in [2.75, 3.05) is 20.2 Å². The maximum absolute atomic E-state index is 5.51. The smallest absolute Gasteiger partial charge is 0.119 e. The van der Waals surface area contributed by atoms with Gasteiger partial charge in [0.1, 0.15) is 5.75 Å². The Balaban J connectivity index is 2.09. The summed E-state index contributed by atoms with van der Waals surface area (Å²) in [5.74, 6) is 2.50. The van der Waals surface area contributed by atoms with Crippen LogP contribution in [0.15, 0.2) is 24.3 Å². The van der Waals surface area contributed by atoms with Gasteiger partial charge in [0.15, 0.2) is 0 Å². The van der Waals surface area contributed by atoms with Gasteiger partial charge in [-0.15, -0.1) is 0 Å². The van der Waals surface area contributed by atoms with Crippen LogP contribution >= 0.6 is 0 Å². The van der Waals surface area contributed by atoms with Crippen LogP contribution in [0.1, 0.15) is 44.1 Å². The fraction of sp³-hybridized carbons (Fsp3) is 0.625. The molecule has 18 heavy (non-hydrogen) atoms. The van der Waals surface area contributed by atoms with Gasteiger partial charge in [0.25, 0.3) is 0 Å². The molecule has 100 valence electrons. The van der Waals surface area contributed by atoms with E-state index in [1.807, 2.05) is 6.92 Å². The zero-order valence-corrected chi connectivity index (χ0v) is 11.6. The van der Waals surface area contributed by atoms with Crippen LogP contribution in [0.4, 0.5) is 0 Å². The highest BCUT2D eigenvalue weighted by Gasteiger charge is 2.25. The maximum atomic E-state index is 5.51. The molecule has 0 aliphatic heterocycles. The van der Waals surface area contributed by atoms with Crippen molar-refractivity contribution in [2.45, 2.75) is 38.5 Å². The van der Waals surface area contributed by atoms with E-state index >= 15 is 0 Å². The van der Waals surface area contributed by atoms with Crippen molar-refractivity contribution >= 4 is 0 Å². The monoisotopic (exact) mass is 247 g/mol. The predicted molar refractivity (Wildman–Crippen MR) is 76.2 cm³/mol. The summed E-state index contributed by atoms with van der Waals surface area (Å²) in [5.41, 5.74) is 1.46. The first-order valence-corrected chi connectivity index (χ1v) is 7.22. The van der Waals surface area contributed by atoms with Crippen molar-refractivity contribution in [3.63, 3.8) is 0 Å². The third-order valence-electron chi connectivity index (χ3n) is 4.01. The van der Waals surface area contributed by atoms with Crippen LogP contribution in [-0.2, 0) is 0 Å². The molecule has 2 rings (SSSR count). The number of hydrogen-bond donors (Lipinski definition) is 1. The molecule has 0 spiro atoms. The number of likely N-dealkylation sites (N-methyl/N-ethyl adjacent to an activating group) is 1. The zero-order valence-electron chi connectivity index (χ0n) is 11.6. The van der Waals surface area contributed by atoms with Gasteiger partial charge in [-0.2, -0.15) is 0 Å². The summed E-state index contributed by atoms with van der Waals surface area (Å²) >= 11 is 0. The van der Waals surface area contributed by atoms with E-state index < -0.39 is 0 Å². The molecule has 0 bridgehead atoms. The SMILES string of the molecule is CCOc1ccc(C(CNC)C2CCCC2)cc1. The van der Waals surface area contributed by atoms with Gasteiger partial charge < -0.3 is 10.1 Å². The van der Waals surface area contributed by atoms with Crippen molar-refractivity contribution in [3.8, 4) is 5.75 Å². The Morgan fingerprint density at radius 3 is 2.44 bits per heavy atom. The minimum absolute atomic E-state index is 0.660. The molecule has 0 aromatic heterocycles. The molecule has 1 aromatic carbocycles. The summed E-state index contributed by atoms with van der Waals surface area (Å²) in [6.45, 7) is 3.84. The topological polar surface area (TPSA) is 21.3 Å². The molecule has 1 N–H and O–H groups in total. The van der Waals surface area contributed by atoms with Gasteiger partial charge in [-0.05, 0) is 56.3 Å². The lowest BCUT2D eigenvalue weighted by Gasteiger charge is -2.24. The number of benzene rings is 1. The molecule has 1 aliphatic carbocycles. The molecular formula is C16H25NO. The molecule has 0 amide bonds. The molecule has 2 nitrogen and oxygen atoms in total. The first-order valence-electron chi connectivity index (χ1n) is 7.22. The number of rotatable bonds is 6. The Morgan fingerprint density at radius 1 is 1.22 bits per heavy atom. The van der Waals surface area contributed by atoms with E-state index in [1.54, 1.807) is 0 Å². The van der Waals surface area contributed by atoms with Crippen LogP contribution < -0.4 is 10.1 Å². The molecular weight excluding hydrogens is 222 g/mol. The fourth-order valence-corrected chi connectivity index (χ4v) is 3.11. The molecule has 0 saturated heterocycles. The predicted octanol–water partition coefficient (Wildman–Crippen LogP) is 3.58. The molecule has 2 heteroatoms. The lowest BCUT2D eigenvalue weighted by molar-refractivity contribution is 0.339. The molecule has 1 unspecified atom stereocenters. The van der Waals surface area contributed by atoms with Gasteiger partial charge in [-0.1, -0.05) is 25.0 Å². The third kappa shape index (κ3) is 3.26. The average Bonchev–Trinajstić information content (AvgIpc) is 2.91. The standard InChI is InChI=1S/C16H25NO/c1-3-18-15-10-8-14(9-11-15)16(12-17-2)13-6-4-5-7-13/h8-11,13,16-17H,3-7,12H2,1-2H3. The highest BCUT2D eigenvalue weighted by molar-refractivity contribution is 5.30. The van der Waals surface area contributed by atoms with E-state index in [1.165, 1.54) is 31.2 Å². The second-order valence-electron chi connectivity index (χ2n) is 5.21. The van der Waals surface area contributed by atoms with Gasteiger partial charge in [-0.25, -0.2) is 0 Å². The van der Waals surface area contributed by atoms with Crippen LogP contribution in [0, 0.1) is 5.92 Å². The fourth-order valence-electron chi connectivity index (χ4n) is 3.11. The lowest BCUT2D eigenvalue weighted by Crippen LogP contribution is -2.22. The first kappa shape index (κ1) is 13.4. The summed E-state index contributed by atoms with van der Waals surface area (Å²) in [5, 5.41) is 3.35. The first-order chi connectivity index (χ1) is 8.85. The van der Waals surface area contributed by atoms with Crippen LogP contribution in [0.2, 0.25) is 0 Å². The molecule has 1 aromatic rings. The zero-order chi connectivity index (χ0) is 12.8. The highest BCUT2D eigenvalue weighted by Crippen LogP contribution is 2.37. The molecule has 1 saturated carbocycles. The molecule has 1 fully saturated rings. The quantitative estimate of drug-likeness (QED) is 0.829. The van der Waals surface area contributed by atoms with Crippen LogP contribution in [0.25, 0.3) is 0 Å². The summed E-state index contributed by atoms with van der Waals surface area (Å²) < 4.78 is 5.51. The summed E-state index contributed by atoms with van der Waals surface area (Å²) in [6, 6.07) is 8.70. The van der Waals surface area contributed by atoms with Crippen LogP contribution in [0.3, 0.4) is 0 Å². The van der Waals surface area contributed by atoms with Crippen molar-refractivity contribution in [1.29, 1.82) is 0 Å². The van der Waals surface area contributed by atoms with Gasteiger partial charge in [0, 0.05) is 6.54 Å². The Hall–Kier alpha value is -1.02. The molecule has 0 radical (unpaired) electrons. The van der Waals surface area contributed by atoms with Gasteiger partial charge >= 0.3 is 0 Å². The molecule has 0 heterocycles. The largest absolute Gasteiger partial charge is 0.494 e. The van der Waals surface area contributed by atoms with Crippen molar-refractivity contribution in [1.82, 2.24) is 5.32 Å². The highest BCUT2D eigenvalue weighted by atomic mass is 16.5. The van der Waals surface area contributed by atoms with Crippen LogP contribution in [0.5, 0.6) is 5.75 Å². The third-order valence-corrected chi connectivity index (χ3v) is 4.01. The van der Waals surface area contributed by atoms with Crippen LogP contribution in [-0.4, -0.2) is 20.2 Å².